The van der Waals surface area contributed by atoms with Gasteiger partial charge in [-0.2, -0.15) is 0 Å². The highest BCUT2D eigenvalue weighted by atomic mass is 79.9. The van der Waals surface area contributed by atoms with Gasteiger partial charge in [0.05, 0.1) is 18.3 Å². The summed E-state index contributed by atoms with van der Waals surface area (Å²) in [4.78, 5) is 28.6. The summed E-state index contributed by atoms with van der Waals surface area (Å²) in [5, 5.41) is 12.6. The van der Waals surface area contributed by atoms with Gasteiger partial charge in [-0.25, -0.2) is 0 Å². The van der Waals surface area contributed by atoms with E-state index < -0.39 is 31.6 Å². The summed E-state index contributed by atoms with van der Waals surface area (Å²) < 4.78 is 23.0. The van der Waals surface area contributed by atoms with Crippen molar-refractivity contribution in [3.05, 3.63) is 87.9 Å². The summed E-state index contributed by atoms with van der Waals surface area (Å²) in [6, 6.07) is 19.7. The van der Waals surface area contributed by atoms with Crippen molar-refractivity contribution in [2.45, 2.75) is 50.2 Å². The number of nitrogens with one attached hydrogen (secondary N) is 1. The second kappa shape index (κ2) is 10.7. The average Bonchev–Trinajstić information content (AvgIpc) is 3.32. The van der Waals surface area contributed by atoms with Crippen molar-refractivity contribution in [3.63, 3.8) is 0 Å². The fourth-order valence-corrected chi connectivity index (χ4v) is 9.19. The summed E-state index contributed by atoms with van der Waals surface area (Å²) in [5.41, 5.74) is 7.94. The second-order valence-corrected chi connectivity index (χ2v) is 15.8. The van der Waals surface area contributed by atoms with E-state index in [-0.39, 0.29) is 31.4 Å². The van der Waals surface area contributed by atoms with E-state index in [1.54, 1.807) is 54.4 Å². The number of anilines is 3. The van der Waals surface area contributed by atoms with Gasteiger partial charge in [0, 0.05) is 45.0 Å². The van der Waals surface area contributed by atoms with E-state index in [0.717, 1.165) is 21.3 Å². The fourth-order valence-electron chi connectivity index (χ4n) is 6.29. The standard InChI is InChI=1S/C30H33BrFN3O4Si/c1-18-27(40(2,3)32)26(14-15-36)39-30(18)24-16-21(31)8-13-25(24)35(29(30)38)17-19-4-11-23(12-5-19)34-28(37)20-6-9-22(33)10-7-20/h4-13,16,18,26-27,36H,14-15,17,33H2,1-3H3,(H,34,37)/t18-,26+,27-,30+/m0/s1. The summed E-state index contributed by atoms with van der Waals surface area (Å²) in [6.07, 6.45) is -0.275. The SMILES string of the molecule is C[C@H]1[C@H]([Si](C)(C)F)[C@@H](CCO)O[C@]12C(=O)N(Cc1ccc(NC(=O)c3ccc(N)cc3)cc1)c1ccc(Br)cc12. The van der Waals surface area contributed by atoms with Gasteiger partial charge in [0.25, 0.3) is 11.8 Å². The number of benzene rings is 3. The Labute approximate surface area is 242 Å². The minimum atomic E-state index is -3.25. The molecule has 1 fully saturated rings. The first kappa shape index (κ1) is 28.5. The zero-order valence-corrected chi connectivity index (χ0v) is 25.2. The highest BCUT2D eigenvalue weighted by Gasteiger charge is 2.66. The van der Waals surface area contributed by atoms with Crippen LogP contribution < -0.4 is 16.0 Å². The molecule has 0 unspecified atom stereocenters. The summed E-state index contributed by atoms with van der Waals surface area (Å²) in [5.74, 6) is -0.882. The predicted molar refractivity (Wildman–Crippen MR) is 160 cm³/mol. The lowest BCUT2D eigenvalue weighted by Crippen LogP contribution is -2.45. The molecule has 7 nitrogen and oxygen atoms in total. The number of ether oxygens (including phenoxy) is 1. The molecule has 4 atom stereocenters. The lowest BCUT2D eigenvalue weighted by atomic mass is 9.82. The summed E-state index contributed by atoms with van der Waals surface area (Å²) in [7, 11) is -3.25. The van der Waals surface area contributed by atoms with Crippen LogP contribution in [0.25, 0.3) is 0 Å². The highest BCUT2D eigenvalue weighted by Crippen LogP contribution is 2.60. The lowest BCUT2D eigenvalue weighted by Gasteiger charge is -2.31. The molecular formula is C30H33BrFN3O4Si. The van der Waals surface area contributed by atoms with E-state index in [1.807, 2.05) is 37.3 Å². The molecule has 0 aliphatic carbocycles. The maximum Gasteiger partial charge on any atom is 0.264 e. The molecule has 0 saturated carbocycles. The van der Waals surface area contributed by atoms with Crippen LogP contribution in [0.2, 0.25) is 18.6 Å². The monoisotopic (exact) mass is 625 g/mol. The van der Waals surface area contributed by atoms with Gasteiger partial charge >= 0.3 is 0 Å². The fraction of sp³-hybridized carbons (Fsp3) is 0.333. The van der Waals surface area contributed by atoms with Crippen LogP contribution in [0.5, 0.6) is 0 Å². The van der Waals surface area contributed by atoms with Crippen LogP contribution in [-0.4, -0.2) is 38.0 Å². The zero-order valence-electron chi connectivity index (χ0n) is 22.7. The smallest absolute Gasteiger partial charge is 0.264 e. The summed E-state index contributed by atoms with van der Waals surface area (Å²) >= 11 is 3.54. The van der Waals surface area contributed by atoms with Crippen molar-refractivity contribution in [1.29, 1.82) is 0 Å². The maximum absolute atomic E-state index is 15.6. The molecule has 2 amide bonds. The van der Waals surface area contributed by atoms with E-state index in [4.69, 9.17) is 10.5 Å². The van der Waals surface area contributed by atoms with Crippen molar-refractivity contribution in [2.75, 3.05) is 22.6 Å². The van der Waals surface area contributed by atoms with Crippen LogP contribution in [0, 0.1) is 5.92 Å². The van der Waals surface area contributed by atoms with Gasteiger partial charge in [0.1, 0.15) is 0 Å². The van der Waals surface area contributed by atoms with Crippen LogP contribution >= 0.6 is 15.9 Å². The van der Waals surface area contributed by atoms with E-state index in [9.17, 15) is 14.7 Å². The third kappa shape index (κ3) is 4.98. The number of halogens is 2. The van der Waals surface area contributed by atoms with Crippen LogP contribution in [0.15, 0.2) is 71.2 Å². The molecule has 4 N–H and O–H groups in total. The molecule has 10 heteroatoms. The number of nitrogens with zero attached hydrogens (tertiary/aromatic N) is 1. The van der Waals surface area contributed by atoms with Crippen LogP contribution in [-0.2, 0) is 21.7 Å². The number of fused-ring (bicyclic) bond motifs is 2. The number of hydrogen-bond acceptors (Lipinski definition) is 5. The first-order chi connectivity index (χ1) is 19.0. The Morgan fingerprint density at radius 3 is 2.45 bits per heavy atom. The Morgan fingerprint density at radius 2 is 1.82 bits per heavy atom. The number of aliphatic hydroxyl groups is 1. The van der Waals surface area contributed by atoms with Gasteiger partial charge in [0.15, 0.2) is 5.60 Å². The van der Waals surface area contributed by atoms with Crippen molar-refractivity contribution in [1.82, 2.24) is 0 Å². The number of nitrogen functional groups attached to an aromatic ring is 1. The molecule has 2 heterocycles. The molecule has 210 valence electrons. The van der Waals surface area contributed by atoms with Gasteiger partial charge in [0.2, 0.25) is 8.41 Å². The number of rotatable bonds is 7. The Hall–Kier alpha value is -3.05. The molecule has 3 aromatic rings. The Bertz CT molecular complexity index is 1430. The first-order valence-electron chi connectivity index (χ1n) is 13.3. The predicted octanol–water partition coefficient (Wildman–Crippen LogP) is 5.99. The van der Waals surface area contributed by atoms with Crippen molar-refractivity contribution < 1.29 is 23.5 Å². The van der Waals surface area contributed by atoms with Gasteiger partial charge in [-0.05, 0) is 79.7 Å². The van der Waals surface area contributed by atoms with E-state index in [1.165, 1.54) is 0 Å². The van der Waals surface area contributed by atoms with Gasteiger partial charge in [-0.15, -0.1) is 0 Å². The van der Waals surface area contributed by atoms with Crippen molar-refractivity contribution in [2.24, 2.45) is 5.92 Å². The molecule has 1 saturated heterocycles. The van der Waals surface area contributed by atoms with E-state index in [2.05, 4.69) is 21.2 Å². The van der Waals surface area contributed by atoms with Crippen LogP contribution in [0.3, 0.4) is 0 Å². The molecular weight excluding hydrogens is 593 g/mol. The zero-order chi connectivity index (χ0) is 28.8. The Kier molecular flexibility index (Phi) is 7.64. The second-order valence-electron chi connectivity index (χ2n) is 11.1. The van der Waals surface area contributed by atoms with Gasteiger partial charge < -0.3 is 29.9 Å². The average molecular weight is 627 g/mol. The van der Waals surface area contributed by atoms with Crippen molar-refractivity contribution in [3.8, 4) is 0 Å². The van der Waals surface area contributed by atoms with Gasteiger partial charge in [-0.1, -0.05) is 35.0 Å². The number of carbonyl (C=O) groups is 2. The molecule has 0 bridgehead atoms. The largest absolute Gasteiger partial charge is 0.399 e. The summed E-state index contributed by atoms with van der Waals surface area (Å²) in [6.45, 7) is 5.34. The first-order valence-corrected chi connectivity index (χ1v) is 17.1. The Morgan fingerprint density at radius 1 is 1.15 bits per heavy atom. The minimum Gasteiger partial charge on any atom is -0.399 e. The molecule has 1 spiro atoms. The quantitative estimate of drug-likeness (QED) is 0.170. The molecule has 0 aromatic heterocycles. The third-order valence-corrected chi connectivity index (χ3v) is 11.0. The normalized spacial score (nSPS) is 24.0. The maximum atomic E-state index is 15.6. The highest BCUT2D eigenvalue weighted by molar-refractivity contribution is 9.10. The number of aliphatic hydroxyl groups excluding tert-OH is 1. The van der Waals surface area contributed by atoms with Crippen LogP contribution in [0.4, 0.5) is 21.2 Å². The van der Waals surface area contributed by atoms with Crippen LogP contribution in [0.1, 0.15) is 34.8 Å². The third-order valence-electron chi connectivity index (χ3n) is 8.06. The molecule has 2 aliphatic rings. The van der Waals surface area contributed by atoms with E-state index in [0.29, 0.717) is 16.9 Å². The minimum absolute atomic E-state index is 0.140. The Balaban J connectivity index is 1.42. The van der Waals surface area contributed by atoms with Gasteiger partial charge in [-0.3, -0.25) is 9.59 Å². The molecule has 0 radical (unpaired) electrons. The molecule has 2 aliphatic heterocycles. The number of carbonyl (C=O) groups excluding carboxylic acids is 2. The molecule has 40 heavy (non-hydrogen) atoms. The molecule has 5 rings (SSSR count). The number of hydrogen-bond donors (Lipinski definition) is 3. The lowest BCUT2D eigenvalue weighted by molar-refractivity contribution is -0.146. The van der Waals surface area contributed by atoms with Crippen molar-refractivity contribution >= 4 is 53.2 Å². The number of amides is 2. The topological polar surface area (TPSA) is 105 Å². The number of nitrogens with two attached hydrogens (primary N) is 1. The van der Waals surface area contributed by atoms with E-state index >= 15 is 4.11 Å². The molecule has 3 aromatic carbocycles.